The molecular weight excluding hydrogens is 638 g/mol. The number of rotatable bonds is 5. The lowest BCUT2D eigenvalue weighted by molar-refractivity contribution is 0.665. The van der Waals surface area contributed by atoms with Crippen molar-refractivity contribution in [2.24, 2.45) is 0 Å². The second-order valence-electron chi connectivity index (χ2n) is 14.2. The molecule has 2 nitrogen and oxygen atoms in total. The summed E-state index contributed by atoms with van der Waals surface area (Å²) in [7, 11) is 3.08. The van der Waals surface area contributed by atoms with E-state index in [4.69, 9.17) is 9.83 Å². The van der Waals surface area contributed by atoms with E-state index < -0.39 is 0 Å². The fraction of sp³-hybridized carbons (Fsp3) is 0.104. The maximum Gasteiger partial charge on any atom is 0.136 e. The van der Waals surface area contributed by atoms with Gasteiger partial charge >= 0.3 is 0 Å². The Morgan fingerprint density at radius 1 is 0.588 bits per heavy atom. The zero-order valence-electron chi connectivity index (χ0n) is 28.2. The molecule has 7 aromatic carbocycles. The van der Waals surface area contributed by atoms with Gasteiger partial charge in [-0.15, -0.1) is 9.24 Å². The van der Waals surface area contributed by atoms with Crippen LogP contribution in [0.4, 0.5) is 0 Å². The van der Waals surface area contributed by atoms with Gasteiger partial charge in [0.25, 0.3) is 0 Å². The second kappa shape index (κ2) is 11.8. The van der Waals surface area contributed by atoms with Crippen LogP contribution in [0.3, 0.4) is 0 Å². The van der Waals surface area contributed by atoms with Gasteiger partial charge in [0.05, 0.1) is 0 Å². The molecule has 0 saturated carbocycles. The van der Waals surface area contributed by atoms with Crippen molar-refractivity contribution in [3.8, 4) is 44.5 Å². The number of hydrogen-bond donors (Lipinski definition) is 1. The van der Waals surface area contributed by atoms with Crippen molar-refractivity contribution in [3.05, 3.63) is 179 Å². The van der Waals surface area contributed by atoms with E-state index in [1.165, 1.54) is 67.4 Å². The molecule has 1 heterocycles. The average Bonchev–Trinajstić information content (AvgIpc) is 3.60. The Morgan fingerprint density at radius 3 is 2.12 bits per heavy atom. The first-order valence-corrected chi connectivity index (χ1v) is 18.4. The molecule has 0 spiro atoms. The van der Waals surface area contributed by atoms with Crippen LogP contribution in [0.2, 0.25) is 0 Å². The number of fused-ring (bicyclic) bond motifs is 9. The quantitative estimate of drug-likeness (QED) is 0.143. The third-order valence-electron chi connectivity index (χ3n) is 11.4. The van der Waals surface area contributed by atoms with Gasteiger partial charge in [-0.1, -0.05) is 121 Å². The Hall–Kier alpha value is -5.56. The topological polar surface area (TPSA) is 37.0 Å². The van der Waals surface area contributed by atoms with Crippen molar-refractivity contribution in [2.45, 2.75) is 30.3 Å². The lowest BCUT2D eigenvalue weighted by atomic mass is 9.85. The molecule has 0 aliphatic heterocycles. The molecule has 0 bridgehead atoms. The number of furan rings is 1. The van der Waals surface area contributed by atoms with E-state index in [1.807, 2.05) is 0 Å². The molecule has 0 amide bonds. The zero-order valence-corrected chi connectivity index (χ0v) is 29.4. The van der Waals surface area contributed by atoms with Crippen LogP contribution in [0.5, 0.6) is 0 Å². The molecule has 1 N–H and O–H groups in total. The average molecular weight is 674 g/mol. The largest absolute Gasteiger partial charge is 0.456 e. The summed E-state index contributed by atoms with van der Waals surface area (Å²) in [5, 5.41) is 9.97. The van der Waals surface area contributed by atoms with E-state index >= 15 is 0 Å². The van der Waals surface area contributed by atoms with E-state index in [-0.39, 0.29) is 11.1 Å². The third kappa shape index (κ3) is 4.78. The van der Waals surface area contributed by atoms with Crippen molar-refractivity contribution in [2.75, 3.05) is 0 Å². The van der Waals surface area contributed by atoms with Crippen molar-refractivity contribution in [1.82, 2.24) is 0 Å². The van der Waals surface area contributed by atoms with Gasteiger partial charge in [-0.2, -0.15) is 0 Å². The Kier molecular flexibility index (Phi) is 6.98. The summed E-state index contributed by atoms with van der Waals surface area (Å²) in [6, 6.07) is 55.6. The monoisotopic (exact) mass is 673 g/mol. The van der Waals surface area contributed by atoms with Crippen LogP contribution in [0, 0.1) is 5.41 Å². The van der Waals surface area contributed by atoms with E-state index in [0.717, 1.165) is 45.9 Å². The molecular formula is C48H36NOP. The highest BCUT2D eigenvalue weighted by atomic mass is 31.0. The summed E-state index contributed by atoms with van der Waals surface area (Å²) in [6.45, 7) is 0. The molecule has 3 atom stereocenters. The summed E-state index contributed by atoms with van der Waals surface area (Å²) >= 11 is 0. The summed E-state index contributed by atoms with van der Waals surface area (Å²) in [5.41, 5.74) is 18.4. The molecule has 8 aromatic rings. The molecule has 0 fully saturated rings. The SMILES string of the molecule is N=CCC1(P)c2ccccc2-c2ccc(-c3ccc4c(c3)oc3cc(C5CCc6ccc(-c7ccccc7)cc6-c6ccccc65)ccc34)cc21. The van der Waals surface area contributed by atoms with Gasteiger partial charge in [0.15, 0.2) is 0 Å². The summed E-state index contributed by atoms with van der Waals surface area (Å²) in [6.07, 6.45) is 4.24. The summed E-state index contributed by atoms with van der Waals surface area (Å²) < 4.78 is 6.68. The van der Waals surface area contributed by atoms with Gasteiger partial charge in [0.2, 0.25) is 0 Å². The molecule has 51 heavy (non-hydrogen) atoms. The van der Waals surface area contributed by atoms with Crippen molar-refractivity contribution in [3.63, 3.8) is 0 Å². The highest BCUT2D eigenvalue weighted by Gasteiger charge is 2.39. The molecule has 0 radical (unpaired) electrons. The van der Waals surface area contributed by atoms with Crippen LogP contribution in [0.15, 0.2) is 156 Å². The van der Waals surface area contributed by atoms with Gasteiger partial charge < -0.3 is 9.83 Å². The van der Waals surface area contributed by atoms with Gasteiger partial charge in [-0.3, -0.25) is 0 Å². The van der Waals surface area contributed by atoms with Crippen LogP contribution >= 0.6 is 9.24 Å². The van der Waals surface area contributed by atoms with Gasteiger partial charge in [-0.25, -0.2) is 0 Å². The second-order valence-corrected chi connectivity index (χ2v) is 15.2. The van der Waals surface area contributed by atoms with Crippen LogP contribution in [0.1, 0.15) is 46.6 Å². The summed E-state index contributed by atoms with van der Waals surface area (Å²) in [4.78, 5) is 0. The van der Waals surface area contributed by atoms with Crippen LogP contribution in [0.25, 0.3) is 66.4 Å². The van der Waals surface area contributed by atoms with Crippen LogP contribution in [-0.2, 0) is 11.6 Å². The Morgan fingerprint density at radius 2 is 1.25 bits per heavy atom. The maximum absolute atomic E-state index is 7.98. The van der Waals surface area contributed by atoms with Gasteiger partial charge in [0, 0.05) is 21.8 Å². The lowest BCUT2D eigenvalue weighted by Crippen LogP contribution is -2.17. The van der Waals surface area contributed by atoms with Crippen molar-refractivity contribution >= 4 is 37.4 Å². The van der Waals surface area contributed by atoms with E-state index in [0.29, 0.717) is 6.42 Å². The van der Waals surface area contributed by atoms with E-state index in [2.05, 4.69) is 161 Å². The van der Waals surface area contributed by atoms with Gasteiger partial charge in [-0.05, 0) is 128 Å². The standard InChI is InChI=1S/C48H36NOP/c49-25-24-48(51)44-13-7-6-12-39(44)40-21-17-33(27-45(40)48)34-18-22-41-42-23-19-35(29-47(42)50-46(41)28-34)36-20-16-31-14-15-32(30-8-2-1-3-9-30)26-43(31)38-11-5-4-10-37(36)38/h1-15,17-19,21-23,25-29,36,49H,16,20,24,51H2. The highest BCUT2D eigenvalue weighted by Crippen LogP contribution is 2.55. The first-order valence-electron chi connectivity index (χ1n) is 17.9. The number of benzene rings is 7. The molecule has 3 unspecified atom stereocenters. The van der Waals surface area contributed by atoms with E-state index in [1.54, 1.807) is 0 Å². The van der Waals surface area contributed by atoms with Crippen LogP contribution in [-0.4, -0.2) is 6.21 Å². The van der Waals surface area contributed by atoms with E-state index in [9.17, 15) is 0 Å². The predicted octanol–water partition coefficient (Wildman–Crippen LogP) is 12.8. The molecule has 10 rings (SSSR count). The summed E-state index contributed by atoms with van der Waals surface area (Å²) in [5.74, 6) is 0.269. The minimum Gasteiger partial charge on any atom is -0.456 e. The lowest BCUT2D eigenvalue weighted by Gasteiger charge is -2.25. The fourth-order valence-corrected chi connectivity index (χ4v) is 9.46. The number of nitrogens with one attached hydrogen (secondary N) is 1. The Balaban J connectivity index is 1.02. The first kappa shape index (κ1) is 30.3. The Bertz CT molecular complexity index is 2670. The van der Waals surface area contributed by atoms with Crippen molar-refractivity contribution in [1.29, 1.82) is 5.41 Å². The zero-order chi connectivity index (χ0) is 34.1. The first-order chi connectivity index (χ1) is 25.1. The fourth-order valence-electron chi connectivity index (χ4n) is 8.85. The maximum atomic E-state index is 7.98. The molecule has 2 aliphatic carbocycles. The molecule has 3 heteroatoms. The predicted molar refractivity (Wildman–Crippen MR) is 216 cm³/mol. The Labute approximate surface area is 300 Å². The minimum absolute atomic E-state index is 0.269. The third-order valence-corrected chi connectivity index (χ3v) is 12.3. The normalized spacial score (nSPS) is 17.4. The molecule has 244 valence electrons. The van der Waals surface area contributed by atoms with Gasteiger partial charge in [0.1, 0.15) is 11.2 Å². The number of aryl methyl sites for hydroxylation is 1. The highest BCUT2D eigenvalue weighted by molar-refractivity contribution is 7.19. The van der Waals surface area contributed by atoms with Crippen molar-refractivity contribution < 1.29 is 4.42 Å². The van der Waals surface area contributed by atoms with Crippen LogP contribution < -0.4 is 0 Å². The molecule has 2 aliphatic rings. The number of hydrogen-bond acceptors (Lipinski definition) is 2. The molecule has 1 aromatic heterocycles. The smallest absolute Gasteiger partial charge is 0.136 e. The molecule has 0 saturated heterocycles. The minimum atomic E-state index is -0.300.